The summed E-state index contributed by atoms with van der Waals surface area (Å²) in [6.45, 7) is 0. The van der Waals surface area contributed by atoms with Crippen molar-refractivity contribution in [2.75, 3.05) is 4.90 Å². The third-order valence-electron chi connectivity index (χ3n) is 2.65. The van der Waals surface area contributed by atoms with E-state index in [4.69, 9.17) is 5.11 Å². The third-order valence-corrected chi connectivity index (χ3v) is 3.90. The fourth-order valence-electron chi connectivity index (χ4n) is 1.91. The van der Waals surface area contributed by atoms with Gasteiger partial charge in [-0.1, -0.05) is 23.9 Å². The molecule has 0 saturated carbocycles. The Kier molecular flexibility index (Phi) is 2.12. The number of anilines is 1. The van der Waals surface area contributed by atoms with Crippen LogP contribution in [0.15, 0.2) is 41.4 Å². The van der Waals surface area contributed by atoms with Gasteiger partial charge >= 0.3 is 6.09 Å². The molecule has 0 radical (unpaired) electrons. The lowest BCUT2D eigenvalue weighted by atomic mass is 10.2. The van der Waals surface area contributed by atoms with Crippen LogP contribution < -0.4 is 4.90 Å². The van der Waals surface area contributed by atoms with Crippen LogP contribution in [0.4, 0.5) is 10.5 Å². The van der Waals surface area contributed by atoms with Gasteiger partial charge in [0.25, 0.3) is 5.91 Å². The van der Waals surface area contributed by atoms with E-state index in [1.165, 1.54) is 28.9 Å². The van der Waals surface area contributed by atoms with E-state index in [0.717, 1.165) is 15.5 Å². The fourth-order valence-corrected chi connectivity index (χ4v) is 3.17. The van der Waals surface area contributed by atoms with Crippen LogP contribution in [0.5, 0.6) is 0 Å². The summed E-state index contributed by atoms with van der Waals surface area (Å²) in [5, 5.41) is 9.07. The molecule has 5 nitrogen and oxygen atoms in total. The Balaban J connectivity index is 2.09. The van der Waals surface area contributed by atoms with E-state index in [-0.39, 0.29) is 5.91 Å². The molecule has 2 heterocycles. The van der Waals surface area contributed by atoms with Crippen LogP contribution in [-0.2, 0) is 4.79 Å². The molecule has 0 aliphatic carbocycles. The van der Waals surface area contributed by atoms with Crippen molar-refractivity contribution in [2.45, 2.75) is 10.4 Å². The molecule has 0 spiro atoms. The summed E-state index contributed by atoms with van der Waals surface area (Å²) in [7, 11) is 0. The lowest BCUT2D eigenvalue weighted by Crippen LogP contribution is -2.49. The highest BCUT2D eigenvalue weighted by atomic mass is 32.2. The van der Waals surface area contributed by atoms with Crippen LogP contribution in [0.25, 0.3) is 0 Å². The molecule has 0 bridgehead atoms. The smallest absolute Gasteiger partial charge is 0.413 e. The number of hydrogen-bond acceptors (Lipinski definition) is 3. The maximum Gasteiger partial charge on any atom is 0.413 e. The minimum atomic E-state index is -1.07. The molecule has 1 aromatic rings. The quantitative estimate of drug-likeness (QED) is 0.762. The molecule has 6 heteroatoms. The molecular formula is C11H8N2O3S. The van der Waals surface area contributed by atoms with Gasteiger partial charge in [0.1, 0.15) is 0 Å². The first-order valence-electron chi connectivity index (χ1n) is 4.97. The summed E-state index contributed by atoms with van der Waals surface area (Å²) in [5.74, 6) is -0.190. The summed E-state index contributed by atoms with van der Waals surface area (Å²) in [5.41, 5.74) is 0.241. The fraction of sp³-hybridized carbons (Fsp3) is 0.0909. The van der Waals surface area contributed by atoms with Crippen molar-refractivity contribution in [1.82, 2.24) is 4.90 Å². The summed E-state index contributed by atoms with van der Waals surface area (Å²) in [6, 6.07) is 7.40. The van der Waals surface area contributed by atoms with Crippen LogP contribution in [0.2, 0.25) is 0 Å². The first-order valence-corrected chi connectivity index (χ1v) is 5.85. The Labute approximate surface area is 101 Å². The van der Waals surface area contributed by atoms with Crippen LogP contribution >= 0.6 is 11.8 Å². The Hall–Kier alpha value is -1.95. The molecular weight excluding hydrogens is 240 g/mol. The summed E-state index contributed by atoms with van der Waals surface area (Å²) >= 11 is 1.36. The van der Waals surface area contributed by atoms with Crippen LogP contribution in [-0.4, -0.2) is 27.5 Å². The number of fused-ring (bicyclic) bond motifs is 3. The van der Waals surface area contributed by atoms with Gasteiger partial charge in [0, 0.05) is 17.2 Å². The van der Waals surface area contributed by atoms with Gasteiger partial charge in [0.2, 0.25) is 0 Å². The molecule has 0 saturated heterocycles. The Bertz CT molecular complexity index is 543. The number of rotatable bonds is 0. The van der Waals surface area contributed by atoms with Crippen molar-refractivity contribution >= 4 is 29.4 Å². The second-order valence-corrected chi connectivity index (χ2v) is 4.72. The largest absolute Gasteiger partial charge is 0.465 e. The topological polar surface area (TPSA) is 60.9 Å². The van der Waals surface area contributed by atoms with Crippen molar-refractivity contribution in [1.29, 1.82) is 0 Å². The van der Waals surface area contributed by atoms with Crippen molar-refractivity contribution in [2.24, 2.45) is 0 Å². The molecule has 2 amide bonds. The van der Waals surface area contributed by atoms with E-state index < -0.39 is 11.6 Å². The predicted octanol–water partition coefficient (Wildman–Crippen LogP) is 1.92. The molecule has 2 aliphatic rings. The number of para-hydroxylation sites is 1. The van der Waals surface area contributed by atoms with Crippen LogP contribution in [0, 0.1) is 0 Å². The number of carbonyl (C=O) groups is 2. The standard InChI is InChI=1S/C11H8N2O3S/c14-9-5-6-12(11(15)16)10-13(9)7-3-1-2-4-8(7)17-10/h1-6,10H,(H,15,16). The first-order chi connectivity index (χ1) is 8.18. The molecule has 3 rings (SSSR count). The van der Waals surface area contributed by atoms with Gasteiger partial charge < -0.3 is 5.11 Å². The zero-order valence-electron chi connectivity index (χ0n) is 8.61. The van der Waals surface area contributed by atoms with Gasteiger partial charge in [0.15, 0.2) is 5.50 Å². The highest BCUT2D eigenvalue weighted by Gasteiger charge is 2.41. The average Bonchev–Trinajstić information content (AvgIpc) is 2.68. The number of thioether (sulfide) groups is 1. The van der Waals surface area contributed by atoms with Gasteiger partial charge in [-0.25, -0.2) is 4.79 Å². The Morgan fingerprint density at radius 2 is 2.12 bits per heavy atom. The van der Waals surface area contributed by atoms with E-state index in [1.807, 2.05) is 24.3 Å². The molecule has 17 heavy (non-hydrogen) atoms. The molecule has 0 aromatic heterocycles. The first kappa shape index (κ1) is 10.2. The number of nitrogens with zero attached hydrogens (tertiary/aromatic N) is 2. The zero-order valence-corrected chi connectivity index (χ0v) is 9.42. The molecule has 1 N–H and O–H groups in total. The maximum absolute atomic E-state index is 11.8. The third kappa shape index (κ3) is 1.41. The number of hydrogen-bond donors (Lipinski definition) is 1. The monoisotopic (exact) mass is 248 g/mol. The van der Waals surface area contributed by atoms with Crippen LogP contribution in [0.3, 0.4) is 0 Å². The summed E-state index contributed by atoms with van der Waals surface area (Å²) in [4.78, 5) is 26.4. The van der Waals surface area contributed by atoms with E-state index in [0.29, 0.717) is 0 Å². The average molecular weight is 248 g/mol. The van der Waals surface area contributed by atoms with Crippen LogP contribution in [0.1, 0.15) is 0 Å². The summed E-state index contributed by atoms with van der Waals surface area (Å²) in [6.07, 6.45) is 1.52. The van der Waals surface area contributed by atoms with Crippen molar-refractivity contribution < 1.29 is 14.7 Å². The minimum absolute atomic E-state index is 0.190. The van der Waals surface area contributed by atoms with Gasteiger partial charge in [-0.15, -0.1) is 0 Å². The van der Waals surface area contributed by atoms with E-state index in [9.17, 15) is 9.59 Å². The van der Waals surface area contributed by atoms with Crippen molar-refractivity contribution in [3.63, 3.8) is 0 Å². The maximum atomic E-state index is 11.8. The van der Waals surface area contributed by atoms with E-state index >= 15 is 0 Å². The normalized spacial score (nSPS) is 21.4. The highest BCUT2D eigenvalue weighted by molar-refractivity contribution is 8.00. The molecule has 2 aliphatic heterocycles. The zero-order chi connectivity index (χ0) is 12.0. The van der Waals surface area contributed by atoms with E-state index in [2.05, 4.69) is 0 Å². The highest BCUT2D eigenvalue weighted by Crippen LogP contribution is 2.45. The van der Waals surface area contributed by atoms with Gasteiger partial charge in [-0.2, -0.15) is 0 Å². The Morgan fingerprint density at radius 3 is 2.88 bits per heavy atom. The second kappa shape index (κ2) is 3.53. The number of amides is 2. The number of carboxylic acid groups (broad SMARTS) is 1. The SMILES string of the molecule is O=C(O)N1C=CC(=O)N2c3ccccc3SC12. The lowest BCUT2D eigenvalue weighted by Gasteiger charge is -2.32. The molecule has 1 aromatic carbocycles. The van der Waals surface area contributed by atoms with Crippen molar-refractivity contribution in [3.05, 3.63) is 36.5 Å². The molecule has 1 atom stereocenters. The van der Waals surface area contributed by atoms with Gasteiger partial charge in [-0.3, -0.25) is 14.6 Å². The number of carbonyl (C=O) groups excluding carboxylic acids is 1. The predicted molar refractivity (Wildman–Crippen MR) is 62.6 cm³/mol. The van der Waals surface area contributed by atoms with E-state index in [1.54, 1.807) is 0 Å². The number of benzene rings is 1. The molecule has 1 unspecified atom stereocenters. The second-order valence-electron chi connectivity index (χ2n) is 3.63. The lowest BCUT2D eigenvalue weighted by molar-refractivity contribution is -0.115. The Morgan fingerprint density at radius 1 is 1.35 bits per heavy atom. The summed E-state index contributed by atoms with van der Waals surface area (Å²) < 4.78 is 0. The van der Waals surface area contributed by atoms with Gasteiger partial charge in [-0.05, 0) is 12.1 Å². The minimum Gasteiger partial charge on any atom is -0.465 e. The van der Waals surface area contributed by atoms with Crippen molar-refractivity contribution in [3.8, 4) is 0 Å². The molecule has 0 fully saturated rings. The van der Waals surface area contributed by atoms with Gasteiger partial charge in [0.05, 0.1) is 5.69 Å². The molecule has 86 valence electrons.